The van der Waals surface area contributed by atoms with E-state index < -0.39 is 0 Å². The molecule has 1 aromatic carbocycles. The van der Waals surface area contributed by atoms with Gasteiger partial charge in [0.05, 0.1) is 0 Å². The number of benzene rings is 1. The summed E-state index contributed by atoms with van der Waals surface area (Å²) in [5, 5.41) is 12.8. The highest BCUT2D eigenvalue weighted by atomic mass is 16.1. The van der Waals surface area contributed by atoms with Gasteiger partial charge < -0.3 is 27.0 Å². The minimum atomic E-state index is 0.117. The first kappa shape index (κ1) is 24.9. The summed E-state index contributed by atoms with van der Waals surface area (Å²) >= 11 is 0. The maximum absolute atomic E-state index is 12.3. The van der Waals surface area contributed by atoms with E-state index in [1.807, 2.05) is 20.9 Å². The average molecular weight is 432 g/mol. The van der Waals surface area contributed by atoms with Crippen LogP contribution < -0.4 is 27.0 Å². The lowest BCUT2D eigenvalue weighted by atomic mass is 9.95. The van der Waals surface area contributed by atoms with Gasteiger partial charge in [-0.25, -0.2) is 0 Å². The molecule has 31 heavy (non-hydrogen) atoms. The minimum absolute atomic E-state index is 0.117. The lowest BCUT2D eigenvalue weighted by Gasteiger charge is -2.31. The molecule has 0 atom stereocenters. The molecule has 0 spiro atoms. The fourth-order valence-corrected chi connectivity index (χ4v) is 3.80. The number of nitrogens with two attached hydrogens (primary N) is 1. The lowest BCUT2D eigenvalue weighted by Crippen LogP contribution is -2.41. The van der Waals surface area contributed by atoms with Crippen molar-refractivity contribution in [2.24, 2.45) is 16.6 Å². The Bertz CT molecular complexity index is 725. The van der Waals surface area contributed by atoms with Gasteiger partial charge in [-0.3, -0.25) is 14.7 Å². The standard InChI is InChI=1S/C23H41N7O/c1-16(2)27-20-12-18(13-21(14-20)29-23(24)28-17(3)4)15-30-10-6-19(7-11-30)22(31)26-9-8-25-5/h12-14,16-17,19,25,27H,6-11,15H2,1-5H3,(H,26,31)(H3,24,28,29). The SMILES string of the molecule is CNCCNC(=O)C1CCN(Cc2cc(NC(N)=NC(C)C)cc(NC(C)C)c2)CC1. The second kappa shape index (κ2) is 12.5. The number of nitrogens with one attached hydrogen (secondary N) is 4. The summed E-state index contributed by atoms with van der Waals surface area (Å²) in [5.41, 5.74) is 9.25. The number of hydrogen-bond donors (Lipinski definition) is 5. The third kappa shape index (κ3) is 9.14. The summed E-state index contributed by atoms with van der Waals surface area (Å²) in [6, 6.07) is 6.86. The molecule has 1 aliphatic heterocycles. The van der Waals surface area contributed by atoms with Gasteiger partial charge in [0.1, 0.15) is 0 Å². The predicted octanol–water partition coefficient (Wildman–Crippen LogP) is 2.19. The molecule has 0 radical (unpaired) electrons. The number of likely N-dealkylation sites (tertiary alicyclic amines) is 1. The van der Waals surface area contributed by atoms with Crippen molar-refractivity contribution in [3.8, 4) is 0 Å². The molecule has 0 bridgehead atoms. The highest BCUT2D eigenvalue weighted by Crippen LogP contribution is 2.24. The fraction of sp³-hybridized carbons (Fsp3) is 0.652. The van der Waals surface area contributed by atoms with Gasteiger partial charge in [-0.15, -0.1) is 0 Å². The Labute approximate surface area is 187 Å². The van der Waals surface area contributed by atoms with Crippen molar-refractivity contribution in [3.05, 3.63) is 23.8 Å². The number of carbonyl (C=O) groups is 1. The summed E-state index contributed by atoms with van der Waals surface area (Å²) in [5.74, 6) is 0.725. The Hall–Kier alpha value is -2.32. The molecule has 0 saturated carbocycles. The van der Waals surface area contributed by atoms with E-state index in [-0.39, 0.29) is 17.9 Å². The summed E-state index contributed by atoms with van der Waals surface area (Å²) < 4.78 is 0. The molecule has 1 aromatic rings. The minimum Gasteiger partial charge on any atom is -0.383 e. The molecular formula is C23H41N7O. The molecule has 1 aliphatic rings. The Morgan fingerprint density at radius 2 is 1.81 bits per heavy atom. The van der Waals surface area contributed by atoms with Gasteiger partial charge in [0.25, 0.3) is 0 Å². The van der Waals surface area contributed by atoms with Gasteiger partial charge >= 0.3 is 0 Å². The van der Waals surface area contributed by atoms with Crippen LogP contribution >= 0.6 is 0 Å². The zero-order chi connectivity index (χ0) is 22.8. The smallest absolute Gasteiger partial charge is 0.223 e. The number of anilines is 2. The van der Waals surface area contributed by atoms with E-state index in [9.17, 15) is 4.79 Å². The van der Waals surface area contributed by atoms with E-state index in [2.05, 4.69) is 63.2 Å². The Morgan fingerprint density at radius 1 is 1.13 bits per heavy atom. The summed E-state index contributed by atoms with van der Waals surface area (Å²) in [6.07, 6.45) is 1.79. The first-order valence-corrected chi connectivity index (χ1v) is 11.4. The van der Waals surface area contributed by atoms with Crippen LogP contribution in [0.1, 0.15) is 46.1 Å². The summed E-state index contributed by atoms with van der Waals surface area (Å²) in [4.78, 5) is 19.1. The molecule has 1 saturated heterocycles. The third-order valence-electron chi connectivity index (χ3n) is 5.16. The van der Waals surface area contributed by atoms with Crippen molar-refractivity contribution < 1.29 is 4.79 Å². The van der Waals surface area contributed by atoms with Crippen LogP contribution in [0.15, 0.2) is 23.2 Å². The van der Waals surface area contributed by atoms with Crippen molar-refractivity contribution >= 4 is 23.2 Å². The van der Waals surface area contributed by atoms with E-state index in [0.717, 1.165) is 50.4 Å². The zero-order valence-corrected chi connectivity index (χ0v) is 19.8. The Balaban J connectivity index is 2.00. The molecule has 8 heteroatoms. The second-order valence-corrected chi connectivity index (χ2v) is 8.90. The molecule has 1 heterocycles. The first-order chi connectivity index (χ1) is 14.8. The topological polar surface area (TPSA) is 107 Å². The van der Waals surface area contributed by atoms with E-state index in [1.165, 1.54) is 5.56 Å². The van der Waals surface area contributed by atoms with Gasteiger partial charge in [-0.2, -0.15) is 0 Å². The van der Waals surface area contributed by atoms with Gasteiger partial charge in [-0.05, 0) is 84.4 Å². The molecule has 0 unspecified atom stereocenters. The molecule has 6 N–H and O–H groups in total. The molecule has 0 aliphatic carbocycles. The van der Waals surface area contributed by atoms with Crippen LogP contribution in [-0.2, 0) is 11.3 Å². The predicted molar refractivity (Wildman–Crippen MR) is 131 cm³/mol. The maximum Gasteiger partial charge on any atom is 0.223 e. The molecule has 1 fully saturated rings. The molecule has 174 valence electrons. The number of nitrogens with zero attached hydrogens (tertiary/aromatic N) is 2. The lowest BCUT2D eigenvalue weighted by molar-refractivity contribution is -0.126. The second-order valence-electron chi connectivity index (χ2n) is 8.90. The van der Waals surface area contributed by atoms with Crippen molar-refractivity contribution in [3.63, 3.8) is 0 Å². The quantitative estimate of drug-likeness (QED) is 0.221. The number of aliphatic imine (C=N–C) groups is 1. The maximum atomic E-state index is 12.3. The number of piperidine rings is 1. The van der Waals surface area contributed by atoms with E-state index in [1.54, 1.807) is 0 Å². The molecule has 8 nitrogen and oxygen atoms in total. The summed E-state index contributed by atoms with van der Waals surface area (Å²) in [7, 11) is 1.89. The van der Waals surface area contributed by atoms with Gasteiger partial charge in [-0.1, -0.05) is 0 Å². The van der Waals surface area contributed by atoms with Crippen molar-refractivity contribution in [1.29, 1.82) is 0 Å². The van der Waals surface area contributed by atoms with E-state index in [4.69, 9.17) is 5.73 Å². The van der Waals surface area contributed by atoms with E-state index in [0.29, 0.717) is 18.5 Å². The molecule has 1 amide bonds. The third-order valence-corrected chi connectivity index (χ3v) is 5.16. The number of guanidine groups is 1. The average Bonchev–Trinajstić information content (AvgIpc) is 2.67. The fourth-order valence-electron chi connectivity index (χ4n) is 3.80. The first-order valence-electron chi connectivity index (χ1n) is 11.4. The van der Waals surface area contributed by atoms with Gasteiger partial charge in [0.15, 0.2) is 5.96 Å². The van der Waals surface area contributed by atoms with Crippen LogP contribution in [0.5, 0.6) is 0 Å². The number of carbonyl (C=O) groups excluding carboxylic acids is 1. The van der Waals surface area contributed by atoms with Gasteiger partial charge in [0.2, 0.25) is 5.91 Å². The van der Waals surface area contributed by atoms with Crippen molar-refractivity contribution in [2.45, 2.75) is 59.2 Å². The van der Waals surface area contributed by atoms with Crippen LogP contribution in [0, 0.1) is 5.92 Å². The molecule has 0 aromatic heterocycles. The van der Waals surface area contributed by atoms with Crippen LogP contribution in [0.4, 0.5) is 11.4 Å². The monoisotopic (exact) mass is 431 g/mol. The largest absolute Gasteiger partial charge is 0.383 e. The molecule has 2 rings (SSSR count). The van der Waals surface area contributed by atoms with Crippen molar-refractivity contribution in [1.82, 2.24) is 15.5 Å². The number of hydrogen-bond acceptors (Lipinski definition) is 5. The normalized spacial score (nSPS) is 16.0. The number of amides is 1. The van der Waals surface area contributed by atoms with E-state index >= 15 is 0 Å². The van der Waals surface area contributed by atoms with Crippen LogP contribution in [0.2, 0.25) is 0 Å². The van der Waals surface area contributed by atoms with Crippen LogP contribution in [0.25, 0.3) is 0 Å². The number of likely N-dealkylation sites (N-methyl/N-ethyl adjacent to an activating group) is 1. The van der Waals surface area contributed by atoms with Gasteiger partial charge in [0, 0.05) is 49.0 Å². The summed E-state index contributed by atoms with van der Waals surface area (Å²) in [6.45, 7) is 12.4. The highest BCUT2D eigenvalue weighted by Gasteiger charge is 2.24. The Morgan fingerprint density at radius 3 is 2.42 bits per heavy atom. The van der Waals surface area contributed by atoms with Crippen molar-refractivity contribution in [2.75, 3.05) is 43.9 Å². The Kier molecular flexibility index (Phi) is 10.1. The zero-order valence-electron chi connectivity index (χ0n) is 19.8. The number of rotatable bonds is 10. The van der Waals surface area contributed by atoms with Crippen LogP contribution in [0.3, 0.4) is 0 Å². The highest BCUT2D eigenvalue weighted by molar-refractivity contribution is 5.93. The molecular weight excluding hydrogens is 390 g/mol. The van der Waals surface area contributed by atoms with Crippen LogP contribution in [-0.4, -0.2) is 62.1 Å².